The highest BCUT2D eigenvalue weighted by molar-refractivity contribution is 7.07. The highest BCUT2D eigenvalue weighted by Crippen LogP contribution is 2.56. The zero-order valence-corrected chi connectivity index (χ0v) is 15.6. The van der Waals surface area contributed by atoms with E-state index in [1.54, 1.807) is 11.3 Å². The van der Waals surface area contributed by atoms with Crippen molar-refractivity contribution < 1.29 is 9.53 Å². The summed E-state index contributed by atoms with van der Waals surface area (Å²) in [6, 6.07) is 10.5. The van der Waals surface area contributed by atoms with Crippen molar-refractivity contribution in [2.24, 2.45) is 5.41 Å². The van der Waals surface area contributed by atoms with Crippen LogP contribution < -0.4 is 10.1 Å². The average Bonchev–Trinajstić information content (AvgIpc) is 3.08. The van der Waals surface area contributed by atoms with Gasteiger partial charge in [-0.25, -0.2) is 0 Å². The highest BCUT2D eigenvalue weighted by Gasteiger charge is 2.58. The number of nitrogens with zero attached hydrogens (tertiary/aromatic N) is 1. The lowest BCUT2D eigenvalue weighted by molar-refractivity contribution is -0.135. The smallest absolute Gasteiger partial charge is 0.234 e. The van der Waals surface area contributed by atoms with Gasteiger partial charge in [0, 0.05) is 18.2 Å². The molecule has 0 bridgehead atoms. The summed E-state index contributed by atoms with van der Waals surface area (Å²) in [5, 5.41) is 7.72. The Bertz CT molecular complexity index is 798. The second kappa shape index (κ2) is 6.39. The van der Waals surface area contributed by atoms with E-state index in [-0.39, 0.29) is 11.8 Å². The average molecular weight is 369 g/mol. The first-order chi connectivity index (χ1) is 12.8. The largest absolute Gasteiger partial charge is 0.492 e. The van der Waals surface area contributed by atoms with Crippen molar-refractivity contribution in [1.29, 1.82) is 0 Å². The third-order valence-electron chi connectivity index (χ3n) is 6.34. The van der Waals surface area contributed by atoms with Crippen LogP contribution in [-0.4, -0.2) is 36.5 Å². The predicted octanol–water partition coefficient (Wildman–Crippen LogP) is 3.40. The minimum Gasteiger partial charge on any atom is -0.492 e. The van der Waals surface area contributed by atoms with Gasteiger partial charge in [0.15, 0.2) is 0 Å². The Balaban J connectivity index is 1.42. The molecule has 2 fully saturated rings. The fourth-order valence-corrected chi connectivity index (χ4v) is 5.38. The third-order valence-corrected chi connectivity index (χ3v) is 7.07. The molecule has 136 valence electrons. The van der Waals surface area contributed by atoms with Crippen LogP contribution in [-0.2, 0) is 11.3 Å². The van der Waals surface area contributed by atoms with Gasteiger partial charge in [0.05, 0.1) is 0 Å². The maximum Gasteiger partial charge on any atom is 0.234 e. The van der Waals surface area contributed by atoms with E-state index in [0.717, 1.165) is 37.4 Å². The number of para-hydroxylation sites is 1. The highest BCUT2D eigenvalue weighted by atomic mass is 32.1. The van der Waals surface area contributed by atoms with Crippen LogP contribution >= 0.6 is 11.3 Å². The van der Waals surface area contributed by atoms with E-state index >= 15 is 0 Å². The summed E-state index contributed by atoms with van der Waals surface area (Å²) in [7, 11) is 0. The Morgan fingerprint density at radius 2 is 2.12 bits per heavy atom. The molecule has 1 aliphatic carbocycles. The summed E-state index contributed by atoms with van der Waals surface area (Å²) in [5.74, 6) is 0.944. The van der Waals surface area contributed by atoms with E-state index in [1.807, 2.05) is 24.3 Å². The number of thiophene rings is 1. The number of carbonyl (C=O) groups excluding carboxylic acids is 1. The van der Waals surface area contributed by atoms with Gasteiger partial charge in [0.2, 0.25) is 5.91 Å². The molecule has 1 saturated heterocycles. The Hall–Kier alpha value is -1.85. The SMILES string of the molecule is O=C([C@H]1COc2ccccc21)N(Cc1ccsc1)[C@H]1CC12CCNCC2. The number of nitrogens with one attached hydrogen (secondary N) is 1. The summed E-state index contributed by atoms with van der Waals surface area (Å²) in [4.78, 5) is 15.7. The van der Waals surface area contributed by atoms with E-state index in [9.17, 15) is 4.79 Å². The van der Waals surface area contributed by atoms with Gasteiger partial charge in [0.25, 0.3) is 0 Å². The van der Waals surface area contributed by atoms with Gasteiger partial charge < -0.3 is 15.0 Å². The zero-order chi connectivity index (χ0) is 17.6. The molecule has 0 unspecified atom stereocenters. The van der Waals surface area contributed by atoms with Crippen LogP contribution in [0.2, 0.25) is 0 Å². The lowest BCUT2D eigenvalue weighted by atomic mass is 9.92. The molecule has 2 atom stereocenters. The molecule has 2 aromatic rings. The lowest BCUT2D eigenvalue weighted by Gasteiger charge is -2.31. The number of hydrogen-bond donors (Lipinski definition) is 1. The lowest BCUT2D eigenvalue weighted by Crippen LogP contribution is -2.41. The minimum atomic E-state index is -0.163. The first-order valence-corrected chi connectivity index (χ1v) is 10.5. The topological polar surface area (TPSA) is 41.6 Å². The molecule has 0 radical (unpaired) electrons. The molecular formula is C21H24N2O2S. The molecule has 3 aliphatic rings. The van der Waals surface area contributed by atoms with Crippen LogP contribution in [0, 0.1) is 5.41 Å². The maximum absolute atomic E-state index is 13.6. The van der Waals surface area contributed by atoms with Crippen molar-refractivity contribution in [2.75, 3.05) is 19.7 Å². The second-order valence-electron chi connectivity index (χ2n) is 7.83. The Morgan fingerprint density at radius 3 is 2.92 bits per heavy atom. The molecular weight excluding hydrogens is 344 g/mol. The fourth-order valence-electron chi connectivity index (χ4n) is 4.72. The summed E-state index contributed by atoms with van der Waals surface area (Å²) >= 11 is 1.70. The van der Waals surface area contributed by atoms with Crippen molar-refractivity contribution >= 4 is 17.2 Å². The van der Waals surface area contributed by atoms with Crippen molar-refractivity contribution in [3.8, 4) is 5.75 Å². The molecule has 1 amide bonds. The Labute approximate surface area is 158 Å². The number of benzene rings is 1. The van der Waals surface area contributed by atoms with Gasteiger partial charge in [-0.3, -0.25) is 4.79 Å². The second-order valence-corrected chi connectivity index (χ2v) is 8.61. The van der Waals surface area contributed by atoms with Gasteiger partial charge in [-0.15, -0.1) is 0 Å². The van der Waals surface area contributed by atoms with E-state index in [0.29, 0.717) is 18.1 Å². The first-order valence-electron chi connectivity index (χ1n) is 9.51. The molecule has 1 spiro atoms. The monoisotopic (exact) mass is 368 g/mol. The van der Waals surface area contributed by atoms with Crippen LogP contribution in [0.5, 0.6) is 5.75 Å². The normalized spacial score (nSPS) is 25.5. The standard InChI is InChI=1S/C21H24N2O2S/c24-20(17-13-25-18-4-2-1-3-16(17)18)23(12-15-5-10-26-14-15)19-11-21(19)6-8-22-9-7-21/h1-5,10,14,17,19,22H,6-9,11-13H2/t17-,19-/m0/s1. The molecule has 3 heterocycles. The van der Waals surface area contributed by atoms with Crippen LogP contribution in [0.3, 0.4) is 0 Å². The Morgan fingerprint density at radius 1 is 1.27 bits per heavy atom. The van der Waals surface area contributed by atoms with Crippen molar-refractivity contribution in [3.05, 3.63) is 52.2 Å². The maximum atomic E-state index is 13.6. The van der Waals surface area contributed by atoms with E-state index < -0.39 is 0 Å². The molecule has 5 rings (SSSR count). The van der Waals surface area contributed by atoms with E-state index in [1.165, 1.54) is 18.4 Å². The third kappa shape index (κ3) is 2.74. The van der Waals surface area contributed by atoms with Crippen molar-refractivity contribution in [2.45, 2.75) is 37.8 Å². The molecule has 1 aromatic heterocycles. The van der Waals surface area contributed by atoms with Gasteiger partial charge in [-0.2, -0.15) is 11.3 Å². The van der Waals surface area contributed by atoms with Crippen molar-refractivity contribution in [1.82, 2.24) is 10.2 Å². The summed E-state index contributed by atoms with van der Waals surface area (Å²) in [6.07, 6.45) is 3.52. The van der Waals surface area contributed by atoms with Gasteiger partial charge in [0.1, 0.15) is 18.3 Å². The number of carbonyl (C=O) groups is 1. The zero-order valence-electron chi connectivity index (χ0n) is 14.8. The predicted molar refractivity (Wildman–Crippen MR) is 102 cm³/mol. The van der Waals surface area contributed by atoms with Crippen molar-refractivity contribution in [3.63, 3.8) is 0 Å². The minimum absolute atomic E-state index is 0.163. The van der Waals surface area contributed by atoms with Gasteiger partial charge >= 0.3 is 0 Å². The molecule has 2 aliphatic heterocycles. The fraction of sp³-hybridized carbons (Fsp3) is 0.476. The molecule has 1 saturated carbocycles. The Kier molecular flexibility index (Phi) is 4.02. The number of rotatable bonds is 4. The summed E-state index contributed by atoms with van der Waals surface area (Å²) < 4.78 is 5.80. The van der Waals surface area contributed by atoms with Crippen LogP contribution in [0.15, 0.2) is 41.1 Å². The number of fused-ring (bicyclic) bond motifs is 1. The number of hydrogen-bond acceptors (Lipinski definition) is 4. The van der Waals surface area contributed by atoms with Gasteiger partial charge in [-0.1, -0.05) is 18.2 Å². The van der Waals surface area contributed by atoms with E-state index in [2.05, 4.69) is 27.0 Å². The number of piperidine rings is 1. The molecule has 4 nitrogen and oxygen atoms in total. The number of amides is 1. The van der Waals surface area contributed by atoms with E-state index in [4.69, 9.17) is 4.74 Å². The number of ether oxygens (including phenoxy) is 1. The summed E-state index contributed by atoms with van der Waals surface area (Å²) in [5.41, 5.74) is 2.63. The first kappa shape index (κ1) is 16.3. The van der Waals surface area contributed by atoms with Crippen LogP contribution in [0.25, 0.3) is 0 Å². The van der Waals surface area contributed by atoms with Crippen LogP contribution in [0.1, 0.15) is 36.3 Å². The molecule has 1 N–H and O–H groups in total. The van der Waals surface area contributed by atoms with Crippen LogP contribution in [0.4, 0.5) is 0 Å². The summed E-state index contributed by atoms with van der Waals surface area (Å²) in [6.45, 7) is 3.35. The molecule has 5 heteroatoms. The molecule has 1 aromatic carbocycles. The quantitative estimate of drug-likeness (QED) is 0.899. The van der Waals surface area contributed by atoms with Gasteiger partial charge in [-0.05, 0) is 66.2 Å². The molecule has 26 heavy (non-hydrogen) atoms.